The van der Waals surface area contributed by atoms with Crippen molar-refractivity contribution in [2.45, 2.75) is 55.4 Å². The van der Waals surface area contributed by atoms with Crippen molar-refractivity contribution in [3.8, 4) is 0 Å². The van der Waals surface area contributed by atoms with Gasteiger partial charge in [0.15, 0.2) is 0 Å². The van der Waals surface area contributed by atoms with E-state index in [0.29, 0.717) is 0 Å². The Morgan fingerprint density at radius 2 is 1.05 bits per heavy atom. The van der Waals surface area contributed by atoms with Crippen LogP contribution in [-0.2, 0) is 19.3 Å². The van der Waals surface area contributed by atoms with Gasteiger partial charge in [-0.15, -0.1) is 0 Å². The van der Waals surface area contributed by atoms with Crippen LogP contribution in [0.4, 0.5) is 0 Å². The minimum Gasteiger partial charge on any atom is -0.333 e. The molecule has 0 amide bonds. The summed E-state index contributed by atoms with van der Waals surface area (Å²) < 4.78 is 0. The summed E-state index contributed by atoms with van der Waals surface area (Å²) in [6, 6.07) is 0. The van der Waals surface area contributed by atoms with Crippen molar-refractivity contribution in [2.24, 2.45) is 22.7 Å². The minimum atomic E-state index is -0.420. The fourth-order valence-corrected chi connectivity index (χ4v) is 1.14. The maximum atomic E-state index is 11.9. The zero-order valence-corrected chi connectivity index (χ0v) is 14.2. The van der Waals surface area contributed by atoms with Crippen LogP contribution in [0.15, 0.2) is 0 Å². The summed E-state index contributed by atoms with van der Waals surface area (Å²) in [7, 11) is 1.40. The second kappa shape index (κ2) is 6.57. The molecular formula is C15H29NO4. The lowest BCUT2D eigenvalue weighted by Gasteiger charge is -2.28. The van der Waals surface area contributed by atoms with Crippen LogP contribution in [0.2, 0.25) is 0 Å². The van der Waals surface area contributed by atoms with Crippen LogP contribution in [0, 0.1) is 22.7 Å². The van der Waals surface area contributed by atoms with E-state index in [0.717, 1.165) is 5.23 Å². The number of hydrogen-bond acceptors (Lipinski definition) is 5. The first-order valence-electron chi connectivity index (χ1n) is 6.94. The Balaban J connectivity index is 4.48. The van der Waals surface area contributed by atoms with Crippen LogP contribution in [0.3, 0.4) is 0 Å². The second-order valence-electron chi connectivity index (χ2n) is 7.44. The first-order chi connectivity index (χ1) is 8.76. The Morgan fingerprint density at radius 3 is 1.25 bits per heavy atom. The molecule has 0 aliphatic carbocycles. The molecule has 0 aromatic heterocycles. The fraction of sp³-hybridized carbons (Fsp3) is 0.867. The molecule has 0 fully saturated rings. The van der Waals surface area contributed by atoms with E-state index in [9.17, 15) is 9.59 Å². The monoisotopic (exact) mass is 287 g/mol. The van der Waals surface area contributed by atoms with Crippen LogP contribution in [0.5, 0.6) is 0 Å². The molecule has 5 nitrogen and oxygen atoms in total. The molecule has 0 unspecified atom stereocenters. The summed E-state index contributed by atoms with van der Waals surface area (Å²) in [5.41, 5.74) is -0.415. The lowest BCUT2D eigenvalue weighted by molar-refractivity contribution is -0.317. The molecule has 0 spiro atoms. The van der Waals surface area contributed by atoms with Crippen LogP contribution >= 0.6 is 0 Å². The SMILES string of the molecule is C[C@H](C(=O)ON(C)OC(=O)[C@@H](C)C(C)(C)C)C(C)(C)C. The van der Waals surface area contributed by atoms with E-state index in [4.69, 9.17) is 9.68 Å². The third kappa shape index (κ3) is 5.90. The van der Waals surface area contributed by atoms with Crippen molar-refractivity contribution in [3.05, 3.63) is 0 Å². The molecule has 5 heteroatoms. The van der Waals surface area contributed by atoms with Gasteiger partial charge in [-0.3, -0.25) is 0 Å². The molecule has 0 saturated heterocycles. The van der Waals surface area contributed by atoms with Gasteiger partial charge in [0.2, 0.25) is 0 Å². The molecule has 0 bridgehead atoms. The molecule has 20 heavy (non-hydrogen) atoms. The van der Waals surface area contributed by atoms with Crippen molar-refractivity contribution >= 4 is 11.9 Å². The third-order valence-electron chi connectivity index (χ3n) is 3.74. The molecule has 0 saturated carbocycles. The van der Waals surface area contributed by atoms with E-state index in [2.05, 4.69) is 0 Å². The Kier molecular flexibility index (Phi) is 6.21. The number of hydroxylamine groups is 2. The van der Waals surface area contributed by atoms with Gasteiger partial charge in [-0.2, -0.15) is 0 Å². The normalized spacial score (nSPS) is 15.7. The lowest BCUT2D eigenvalue weighted by atomic mass is 9.82. The Hall–Kier alpha value is -1.10. The number of rotatable bonds is 4. The van der Waals surface area contributed by atoms with Crippen molar-refractivity contribution < 1.29 is 19.3 Å². The highest BCUT2D eigenvalue weighted by molar-refractivity contribution is 5.74. The lowest BCUT2D eigenvalue weighted by Crippen LogP contribution is -2.36. The Labute approximate surface area is 122 Å². The quantitative estimate of drug-likeness (QED) is 0.743. The fourth-order valence-electron chi connectivity index (χ4n) is 1.14. The second-order valence-corrected chi connectivity index (χ2v) is 7.44. The predicted octanol–water partition coefficient (Wildman–Crippen LogP) is 3.20. The van der Waals surface area contributed by atoms with Crippen LogP contribution in [0.1, 0.15) is 55.4 Å². The minimum absolute atomic E-state index is 0.208. The molecule has 118 valence electrons. The maximum Gasteiger partial charge on any atom is 0.332 e. The number of hydrogen-bond donors (Lipinski definition) is 0. The molecule has 0 heterocycles. The highest BCUT2D eigenvalue weighted by Gasteiger charge is 2.32. The van der Waals surface area contributed by atoms with Gasteiger partial charge in [0.1, 0.15) is 0 Å². The number of carbonyl (C=O) groups is 2. The molecular weight excluding hydrogens is 258 g/mol. The molecule has 0 aromatic carbocycles. The summed E-state index contributed by atoms with van der Waals surface area (Å²) in [5, 5.41) is 0.842. The van der Waals surface area contributed by atoms with Crippen LogP contribution < -0.4 is 0 Å². The molecule has 0 rings (SSSR count). The predicted molar refractivity (Wildman–Crippen MR) is 77.2 cm³/mol. The Morgan fingerprint density at radius 1 is 0.800 bits per heavy atom. The zero-order valence-electron chi connectivity index (χ0n) is 14.2. The van der Waals surface area contributed by atoms with Crippen molar-refractivity contribution in [3.63, 3.8) is 0 Å². The van der Waals surface area contributed by atoms with Crippen LogP contribution in [-0.4, -0.2) is 24.2 Å². The smallest absolute Gasteiger partial charge is 0.332 e. The molecule has 0 aliphatic heterocycles. The van der Waals surface area contributed by atoms with Gasteiger partial charge in [-0.25, -0.2) is 9.59 Å². The largest absolute Gasteiger partial charge is 0.333 e. The zero-order chi connectivity index (χ0) is 16.3. The summed E-state index contributed by atoms with van der Waals surface area (Å²) in [6.45, 7) is 15.3. The summed E-state index contributed by atoms with van der Waals surface area (Å²) >= 11 is 0. The summed E-state index contributed by atoms with van der Waals surface area (Å²) in [6.07, 6.45) is 0. The van der Waals surface area contributed by atoms with E-state index in [1.165, 1.54) is 7.05 Å². The van der Waals surface area contributed by atoms with Gasteiger partial charge in [-0.05, 0) is 10.8 Å². The highest BCUT2D eigenvalue weighted by Crippen LogP contribution is 2.28. The number of carbonyl (C=O) groups excluding carboxylic acids is 2. The average Bonchev–Trinajstić information content (AvgIpc) is 2.23. The van der Waals surface area contributed by atoms with E-state index < -0.39 is 11.9 Å². The molecule has 0 aromatic rings. The average molecular weight is 287 g/mol. The van der Waals surface area contributed by atoms with Crippen molar-refractivity contribution in [2.75, 3.05) is 7.05 Å². The molecule has 0 radical (unpaired) electrons. The topological polar surface area (TPSA) is 55.8 Å². The third-order valence-corrected chi connectivity index (χ3v) is 3.74. The number of nitrogens with zero attached hydrogens (tertiary/aromatic N) is 1. The summed E-state index contributed by atoms with van der Waals surface area (Å²) in [5.74, 6) is -1.44. The highest BCUT2D eigenvalue weighted by atomic mass is 17.0. The molecule has 0 aliphatic rings. The van der Waals surface area contributed by atoms with E-state index in [-0.39, 0.29) is 22.7 Å². The van der Waals surface area contributed by atoms with Gasteiger partial charge >= 0.3 is 11.9 Å². The van der Waals surface area contributed by atoms with Crippen LogP contribution in [0.25, 0.3) is 0 Å². The van der Waals surface area contributed by atoms with E-state index in [1.807, 2.05) is 41.5 Å². The van der Waals surface area contributed by atoms with E-state index in [1.54, 1.807) is 13.8 Å². The van der Waals surface area contributed by atoms with Gasteiger partial charge in [0.05, 0.1) is 18.9 Å². The molecule has 2 atom stereocenters. The van der Waals surface area contributed by atoms with Crippen molar-refractivity contribution in [1.29, 1.82) is 0 Å². The molecule has 0 N–H and O–H groups in total. The first kappa shape index (κ1) is 18.9. The first-order valence-corrected chi connectivity index (χ1v) is 6.94. The van der Waals surface area contributed by atoms with Gasteiger partial charge in [-0.1, -0.05) is 55.4 Å². The summed E-state index contributed by atoms with van der Waals surface area (Å²) in [4.78, 5) is 33.8. The van der Waals surface area contributed by atoms with Crippen molar-refractivity contribution in [1.82, 2.24) is 5.23 Å². The van der Waals surface area contributed by atoms with Gasteiger partial charge < -0.3 is 9.68 Å². The maximum absolute atomic E-state index is 11.9. The van der Waals surface area contributed by atoms with Gasteiger partial charge in [0, 0.05) is 5.23 Å². The van der Waals surface area contributed by atoms with Gasteiger partial charge in [0.25, 0.3) is 0 Å². The Bertz CT molecular complexity index is 318. The van der Waals surface area contributed by atoms with E-state index >= 15 is 0 Å². The standard InChI is InChI=1S/C15H29NO4/c1-10(14(3,4)5)12(17)19-16(9)20-13(18)11(2)15(6,7)8/h10-11H,1-9H3/t10-,11-/m1/s1.